The van der Waals surface area contributed by atoms with Gasteiger partial charge in [0.25, 0.3) is 0 Å². The fourth-order valence-electron chi connectivity index (χ4n) is 3.84. The highest BCUT2D eigenvalue weighted by Crippen LogP contribution is 2.27. The SMILES string of the molecule is COC(=O)CNC(=O)C(c1ccc(O)c(C)c1)N(CCO)C(=O)C(Cc1ccc(O)cc1)NC(=O)OC(C)(C)C. The predicted octanol–water partition coefficient (Wildman–Crippen LogP) is 1.69. The van der Waals surface area contributed by atoms with Crippen molar-refractivity contribution in [2.75, 3.05) is 26.8 Å². The van der Waals surface area contributed by atoms with Crippen LogP contribution in [0.3, 0.4) is 0 Å². The number of aliphatic hydroxyl groups is 1. The summed E-state index contributed by atoms with van der Waals surface area (Å²) >= 11 is 0. The lowest BCUT2D eigenvalue weighted by atomic mass is 9.98. The van der Waals surface area contributed by atoms with E-state index >= 15 is 0 Å². The molecule has 0 radical (unpaired) electrons. The van der Waals surface area contributed by atoms with Crippen molar-refractivity contribution < 1.29 is 44.0 Å². The van der Waals surface area contributed by atoms with Crippen LogP contribution in [0.2, 0.25) is 0 Å². The Morgan fingerprint density at radius 3 is 2.23 bits per heavy atom. The van der Waals surface area contributed by atoms with E-state index in [-0.39, 0.29) is 24.5 Å². The molecular formula is C28H37N3O9. The van der Waals surface area contributed by atoms with Gasteiger partial charge >= 0.3 is 12.1 Å². The molecule has 2 rings (SSSR count). The van der Waals surface area contributed by atoms with E-state index in [9.17, 15) is 34.5 Å². The predicted molar refractivity (Wildman–Crippen MR) is 144 cm³/mol. The highest BCUT2D eigenvalue weighted by atomic mass is 16.6. The van der Waals surface area contributed by atoms with E-state index in [4.69, 9.17) is 4.74 Å². The van der Waals surface area contributed by atoms with Crippen LogP contribution in [0.1, 0.15) is 43.5 Å². The molecule has 0 saturated heterocycles. The molecular weight excluding hydrogens is 522 g/mol. The van der Waals surface area contributed by atoms with E-state index in [0.717, 1.165) is 12.0 Å². The third-order valence-electron chi connectivity index (χ3n) is 5.72. The van der Waals surface area contributed by atoms with Gasteiger partial charge in [-0.3, -0.25) is 14.4 Å². The molecule has 218 valence electrons. The summed E-state index contributed by atoms with van der Waals surface area (Å²) in [5.41, 5.74) is 0.441. The lowest BCUT2D eigenvalue weighted by molar-refractivity contribution is -0.145. The number of ether oxygens (including phenoxy) is 2. The molecule has 0 aromatic heterocycles. The van der Waals surface area contributed by atoms with Crippen LogP contribution in [0.15, 0.2) is 42.5 Å². The number of rotatable bonds is 11. The zero-order valence-corrected chi connectivity index (χ0v) is 23.3. The monoisotopic (exact) mass is 559 g/mol. The number of aryl methyl sites for hydroxylation is 1. The van der Waals surface area contributed by atoms with Crippen molar-refractivity contribution in [2.24, 2.45) is 0 Å². The molecule has 0 fully saturated rings. The van der Waals surface area contributed by atoms with Crippen LogP contribution < -0.4 is 10.6 Å². The third-order valence-corrected chi connectivity index (χ3v) is 5.72. The number of methoxy groups -OCH3 is 1. The largest absolute Gasteiger partial charge is 0.508 e. The van der Waals surface area contributed by atoms with Crippen molar-refractivity contribution >= 4 is 23.9 Å². The summed E-state index contributed by atoms with van der Waals surface area (Å²) in [6, 6.07) is 7.71. The minimum absolute atomic E-state index is 0.0127. The number of hydrogen-bond donors (Lipinski definition) is 5. The first-order chi connectivity index (χ1) is 18.7. The van der Waals surface area contributed by atoms with Crippen molar-refractivity contribution in [2.45, 2.75) is 51.8 Å². The molecule has 2 atom stereocenters. The molecule has 40 heavy (non-hydrogen) atoms. The minimum Gasteiger partial charge on any atom is -0.508 e. The third kappa shape index (κ3) is 9.45. The second kappa shape index (κ2) is 14.2. The Morgan fingerprint density at radius 1 is 1.02 bits per heavy atom. The summed E-state index contributed by atoms with van der Waals surface area (Å²) < 4.78 is 9.93. The Bertz CT molecular complexity index is 1190. The molecule has 0 saturated carbocycles. The maximum Gasteiger partial charge on any atom is 0.408 e. The number of aliphatic hydroxyl groups excluding tert-OH is 1. The number of carbonyl (C=O) groups is 4. The molecule has 3 amide bonds. The Hall–Kier alpha value is -4.32. The smallest absolute Gasteiger partial charge is 0.408 e. The number of nitrogens with zero attached hydrogens (tertiary/aromatic N) is 1. The van der Waals surface area contributed by atoms with E-state index in [1.54, 1.807) is 39.8 Å². The molecule has 0 spiro atoms. The van der Waals surface area contributed by atoms with Crippen LogP contribution in [0.5, 0.6) is 11.5 Å². The summed E-state index contributed by atoms with van der Waals surface area (Å²) in [7, 11) is 1.16. The molecule has 0 aliphatic heterocycles. The van der Waals surface area contributed by atoms with Gasteiger partial charge < -0.3 is 40.3 Å². The quantitative estimate of drug-likeness (QED) is 0.257. The Labute approximate surface area is 232 Å². The summed E-state index contributed by atoms with van der Waals surface area (Å²) in [4.78, 5) is 53.0. The van der Waals surface area contributed by atoms with Gasteiger partial charge in [-0.05, 0) is 68.7 Å². The molecule has 0 heterocycles. The first kappa shape index (κ1) is 31.9. The number of phenols is 2. The number of carbonyl (C=O) groups excluding carboxylic acids is 4. The van der Waals surface area contributed by atoms with Crippen LogP contribution in [0.4, 0.5) is 4.79 Å². The maximum atomic E-state index is 14.0. The second-order valence-corrected chi connectivity index (χ2v) is 10.1. The molecule has 2 aromatic rings. The van der Waals surface area contributed by atoms with E-state index in [1.165, 1.54) is 30.3 Å². The van der Waals surface area contributed by atoms with Gasteiger partial charge in [-0.2, -0.15) is 0 Å². The molecule has 2 aromatic carbocycles. The van der Waals surface area contributed by atoms with Gasteiger partial charge in [0.05, 0.1) is 13.7 Å². The average molecular weight is 560 g/mol. The van der Waals surface area contributed by atoms with E-state index in [0.29, 0.717) is 16.7 Å². The lowest BCUT2D eigenvalue weighted by Gasteiger charge is -2.34. The fourth-order valence-corrected chi connectivity index (χ4v) is 3.84. The van der Waals surface area contributed by atoms with Gasteiger partial charge in [0.15, 0.2) is 0 Å². The average Bonchev–Trinajstić information content (AvgIpc) is 2.88. The summed E-state index contributed by atoms with van der Waals surface area (Å²) in [5, 5.41) is 34.5. The number of phenolic OH excluding ortho intramolecular Hbond substituents is 2. The van der Waals surface area contributed by atoms with Crippen molar-refractivity contribution in [1.29, 1.82) is 0 Å². The molecule has 12 nitrogen and oxygen atoms in total. The standard InChI is InChI=1S/C28H37N3O9/c1-17-14-19(8-11-22(17)34)24(25(36)29-16-23(35)39-5)31(12-13-32)26(37)21(30-27(38)40-28(2,3)4)15-18-6-9-20(33)10-7-18/h6-11,14,21,24,32-34H,12-13,15-16H2,1-5H3,(H,29,36)(H,30,38). The number of esters is 1. The number of benzene rings is 2. The normalized spacial score (nSPS) is 12.6. The van der Waals surface area contributed by atoms with Gasteiger partial charge in [0, 0.05) is 13.0 Å². The summed E-state index contributed by atoms with van der Waals surface area (Å²) in [6.45, 7) is 5.29. The van der Waals surface area contributed by atoms with Gasteiger partial charge in [0.1, 0.15) is 35.7 Å². The van der Waals surface area contributed by atoms with E-state index < -0.39 is 54.7 Å². The molecule has 2 unspecified atom stereocenters. The maximum absolute atomic E-state index is 14.0. The number of amides is 3. The number of hydrogen-bond acceptors (Lipinski definition) is 9. The molecule has 12 heteroatoms. The first-order valence-electron chi connectivity index (χ1n) is 12.6. The van der Waals surface area contributed by atoms with Crippen molar-refractivity contribution in [1.82, 2.24) is 15.5 Å². The summed E-state index contributed by atoms with van der Waals surface area (Å²) in [6.07, 6.45) is -0.911. The minimum atomic E-state index is -1.36. The number of aromatic hydroxyl groups is 2. The van der Waals surface area contributed by atoms with Crippen molar-refractivity contribution in [3.63, 3.8) is 0 Å². The van der Waals surface area contributed by atoms with E-state index in [1.807, 2.05) is 0 Å². The highest BCUT2D eigenvalue weighted by Gasteiger charge is 2.36. The number of alkyl carbamates (subject to hydrolysis) is 1. The van der Waals surface area contributed by atoms with Gasteiger partial charge in [-0.1, -0.05) is 18.2 Å². The first-order valence-corrected chi connectivity index (χ1v) is 12.6. The van der Waals surface area contributed by atoms with Crippen LogP contribution in [-0.4, -0.2) is 82.5 Å². The van der Waals surface area contributed by atoms with Crippen LogP contribution >= 0.6 is 0 Å². The van der Waals surface area contributed by atoms with Crippen LogP contribution in [-0.2, 0) is 30.3 Å². The molecule has 5 N–H and O–H groups in total. The van der Waals surface area contributed by atoms with Gasteiger partial charge in [-0.25, -0.2) is 4.79 Å². The molecule has 0 aliphatic rings. The van der Waals surface area contributed by atoms with Crippen molar-refractivity contribution in [3.8, 4) is 11.5 Å². The van der Waals surface area contributed by atoms with Crippen molar-refractivity contribution in [3.05, 3.63) is 59.2 Å². The Balaban J connectivity index is 2.54. The zero-order chi connectivity index (χ0) is 30.0. The lowest BCUT2D eigenvalue weighted by Crippen LogP contribution is -2.54. The Kier molecular flexibility index (Phi) is 11.3. The highest BCUT2D eigenvalue weighted by molar-refractivity contribution is 5.93. The van der Waals surface area contributed by atoms with E-state index in [2.05, 4.69) is 15.4 Å². The Morgan fingerprint density at radius 2 is 1.68 bits per heavy atom. The second-order valence-electron chi connectivity index (χ2n) is 10.1. The zero-order valence-electron chi connectivity index (χ0n) is 23.3. The topological polar surface area (TPSA) is 175 Å². The van der Waals surface area contributed by atoms with Gasteiger partial charge in [0.2, 0.25) is 11.8 Å². The van der Waals surface area contributed by atoms with Gasteiger partial charge in [-0.15, -0.1) is 0 Å². The summed E-state index contributed by atoms with van der Waals surface area (Å²) in [5.74, 6) is -2.21. The molecule has 0 aliphatic carbocycles. The number of nitrogens with one attached hydrogen (secondary N) is 2. The fraction of sp³-hybridized carbons (Fsp3) is 0.429. The molecule has 0 bridgehead atoms. The van der Waals surface area contributed by atoms with Crippen LogP contribution in [0, 0.1) is 6.92 Å². The van der Waals surface area contributed by atoms with Crippen LogP contribution in [0.25, 0.3) is 0 Å².